The molecule has 0 spiro atoms. The summed E-state index contributed by atoms with van der Waals surface area (Å²) in [5, 5.41) is 0.821. The topological polar surface area (TPSA) is 26.0 Å². The maximum Gasteiger partial charge on any atom is 0.0456 e. The standard InChI is InChI=1S/C13H18ClN/c14-12-8-4-3-7-11(12)13(15)9-5-1-2-6-10-13/h3-4,7-8H,1-2,5-6,9-10,15H2. The molecule has 1 aromatic carbocycles. The van der Waals surface area contributed by atoms with Gasteiger partial charge < -0.3 is 5.73 Å². The van der Waals surface area contributed by atoms with Crippen LogP contribution in [-0.4, -0.2) is 0 Å². The van der Waals surface area contributed by atoms with E-state index in [1.165, 1.54) is 25.7 Å². The molecule has 2 rings (SSSR count). The van der Waals surface area contributed by atoms with Crippen molar-refractivity contribution in [3.05, 3.63) is 34.9 Å². The van der Waals surface area contributed by atoms with Crippen molar-refractivity contribution >= 4 is 11.6 Å². The molecule has 0 atom stereocenters. The molecule has 15 heavy (non-hydrogen) atoms. The van der Waals surface area contributed by atoms with E-state index in [0.29, 0.717) is 0 Å². The van der Waals surface area contributed by atoms with Crippen molar-refractivity contribution in [3.8, 4) is 0 Å². The average Bonchev–Trinajstić information content (AvgIpc) is 2.44. The average molecular weight is 224 g/mol. The molecule has 1 aliphatic carbocycles. The molecule has 1 nitrogen and oxygen atoms in total. The largest absolute Gasteiger partial charge is 0.321 e. The molecule has 1 saturated carbocycles. The van der Waals surface area contributed by atoms with Crippen LogP contribution in [0.3, 0.4) is 0 Å². The highest BCUT2D eigenvalue weighted by atomic mass is 35.5. The van der Waals surface area contributed by atoms with Gasteiger partial charge in [-0.3, -0.25) is 0 Å². The zero-order chi connectivity index (χ0) is 10.7. The monoisotopic (exact) mass is 223 g/mol. The fourth-order valence-electron chi connectivity index (χ4n) is 2.49. The van der Waals surface area contributed by atoms with Crippen molar-refractivity contribution in [2.75, 3.05) is 0 Å². The third-order valence-corrected chi connectivity index (χ3v) is 3.74. The van der Waals surface area contributed by atoms with Crippen LogP contribution in [0.5, 0.6) is 0 Å². The number of benzene rings is 1. The van der Waals surface area contributed by atoms with Crippen molar-refractivity contribution < 1.29 is 0 Å². The highest BCUT2D eigenvalue weighted by Crippen LogP contribution is 2.36. The first-order valence-electron chi connectivity index (χ1n) is 5.76. The first-order chi connectivity index (χ1) is 7.22. The van der Waals surface area contributed by atoms with E-state index in [1.807, 2.05) is 18.2 Å². The van der Waals surface area contributed by atoms with Crippen molar-refractivity contribution in [1.29, 1.82) is 0 Å². The lowest BCUT2D eigenvalue weighted by Gasteiger charge is -2.29. The zero-order valence-corrected chi connectivity index (χ0v) is 9.76. The molecule has 0 radical (unpaired) electrons. The Morgan fingerprint density at radius 2 is 1.60 bits per heavy atom. The van der Waals surface area contributed by atoms with E-state index in [-0.39, 0.29) is 5.54 Å². The SMILES string of the molecule is NC1(c2ccccc2Cl)CCCCCC1. The lowest BCUT2D eigenvalue weighted by Crippen LogP contribution is -2.36. The summed E-state index contributed by atoms with van der Waals surface area (Å²) in [6.45, 7) is 0. The van der Waals surface area contributed by atoms with E-state index in [4.69, 9.17) is 17.3 Å². The number of nitrogens with two attached hydrogens (primary N) is 1. The van der Waals surface area contributed by atoms with Gasteiger partial charge in [0.05, 0.1) is 0 Å². The summed E-state index contributed by atoms with van der Waals surface area (Å²) in [4.78, 5) is 0. The molecule has 82 valence electrons. The molecule has 0 amide bonds. The fourth-order valence-corrected chi connectivity index (χ4v) is 2.82. The highest BCUT2D eigenvalue weighted by molar-refractivity contribution is 6.31. The lowest BCUT2D eigenvalue weighted by molar-refractivity contribution is 0.385. The van der Waals surface area contributed by atoms with E-state index < -0.39 is 0 Å². The zero-order valence-electron chi connectivity index (χ0n) is 9.01. The van der Waals surface area contributed by atoms with Crippen LogP contribution in [0.1, 0.15) is 44.1 Å². The molecule has 0 aliphatic heterocycles. The Kier molecular flexibility index (Phi) is 3.32. The summed E-state index contributed by atoms with van der Waals surface area (Å²) in [5.74, 6) is 0. The molecule has 0 saturated heterocycles. The van der Waals surface area contributed by atoms with Crippen molar-refractivity contribution in [3.63, 3.8) is 0 Å². The van der Waals surface area contributed by atoms with Gasteiger partial charge in [-0.25, -0.2) is 0 Å². The number of hydrogen-bond acceptors (Lipinski definition) is 1. The molecule has 1 fully saturated rings. The molecule has 0 bridgehead atoms. The second kappa shape index (κ2) is 4.54. The quantitative estimate of drug-likeness (QED) is 0.720. The van der Waals surface area contributed by atoms with Crippen LogP contribution in [0.4, 0.5) is 0 Å². The van der Waals surface area contributed by atoms with Gasteiger partial charge in [-0.1, -0.05) is 55.5 Å². The van der Waals surface area contributed by atoms with Gasteiger partial charge in [0, 0.05) is 10.6 Å². The fraction of sp³-hybridized carbons (Fsp3) is 0.538. The van der Waals surface area contributed by atoms with Gasteiger partial charge in [-0.05, 0) is 24.5 Å². The van der Waals surface area contributed by atoms with E-state index >= 15 is 0 Å². The van der Waals surface area contributed by atoms with Crippen molar-refractivity contribution in [2.45, 2.75) is 44.1 Å². The molecule has 2 heteroatoms. The molecule has 0 unspecified atom stereocenters. The maximum absolute atomic E-state index is 6.50. The molecule has 0 aromatic heterocycles. The van der Waals surface area contributed by atoms with Gasteiger partial charge in [0.15, 0.2) is 0 Å². The second-order valence-electron chi connectivity index (χ2n) is 4.55. The van der Waals surface area contributed by atoms with Crippen LogP contribution in [0.15, 0.2) is 24.3 Å². The molecule has 2 N–H and O–H groups in total. The minimum Gasteiger partial charge on any atom is -0.321 e. The molecule has 1 aromatic rings. The van der Waals surface area contributed by atoms with Crippen LogP contribution in [0, 0.1) is 0 Å². The molecule has 1 aliphatic rings. The normalized spacial score (nSPS) is 20.9. The van der Waals surface area contributed by atoms with Gasteiger partial charge in [-0.2, -0.15) is 0 Å². The summed E-state index contributed by atoms with van der Waals surface area (Å²) in [5.41, 5.74) is 7.44. The smallest absolute Gasteiger partial charge is 0.0456 e. The van der Waals surface area contributed by atoms with Crippen LogP contribution >= 0.6 is 11.6 Å². The second-order valence-corrected chi connectivity index (χ2v) is 4.96. The van der Waals surface area contributed by atoms with Crippen LogP contribution in [-0.2, 0) is 5.54 Å². The van der Waals surface area contributed by atoms with E-state index in [9.17, 15) is 0 Å². The van der Waals surface area contributed by atoms with Gasteiger partial charge in [0.1, 0.15) is 0 Å². The Hall–Kier alpha value is -0.530. The van der Waals surface area contributed by atoms with Gasteiger partial charge in [-0.15, -0.1) is 0 Å². The summed E-state index contributed by atoms with van der Waals surface area (Å²) in [7, 11) is 0. The number of rotatable bonds is 1. The Morgan fingerprint density at radius 1 is 1.00 bits per heavy atom. The summed E-state index contributed by atoms with van der Waals surface area (Å²) in [6.07, 6.45) is 7.20. The van der Waals surface area contributed by atoms with Crippen molar-refractivity contribution in [2.24, 2.45) is 5.73 Å². The van der Waals surface area contributed by atoms with Crippen LogP contribution in [0.25, 0.3) is 0 Å². The predicted octanol–water partition coefficient (Wildman–Crippen LogP) is 3.85. The molecule has 0 heterocycles. The Bertz CT molecular complexity index is 327. The minimum atomic E-state index is -0.186. The van der Waals surface area contributed by atoms with Gasteiger partial charge in [0.2, 0.25) is 0 Å². The summed E-state index contributed by atoms with van der Waals surface area (Å²) < 4.78 is 0. The number of halogens is 1. The van der Waals surface area contributed by atoms with Crippen LogP contribution in [0.2, 0.25) is 5.02 Å². The molecular formula is C13H18ClN. The highest BCUT2D eigenvalue weighted by Gasteiger charge is 2.29. The summed E-state index contributed by atoms with van der Waals surface area (Å²) >= 11 is 6.22. The van der Waals surface area contributed by atoms with Crippen molar-refractivity contribution in [1.82, 2.24) is 0 Å². The Balaban J connectivity index is 2.30. The number of hydrogen-bond donors (Lipinski definition) is 1. The minimum absolute atomic E-state index is 0.186. The third kappa shape index (κ3) is 2.35. The first kappa shape index (κ1) is 11.0. The predicted molar refractivity (Wildman–Crippen MR) is 65.0 cm³/mol. The van der Waals surface area contributed by atoms with E-state index in [0.717, 1.165) is 23.4 Å². The van der Waals surface area contributed by atoms with Gasteiger partial charge >= 0.3 is 0 Å². The van der Waals surface area contributed by atoms with Crippen LogP contribution < -0.4 is 5.73 Å². The van der Waals surface area contributed by atoms with E-state index in [2.05, 4.69) is 6.07 Å². The first-order valence-corrected chi connectivity index (χ1v) is 6.14. The maximum atomic E-state index is 6.50. The Morgan fingerprint density at radius 3 is 2.20 bits per heavy atom. The van der Waals surface area contributed by atoms with E-state index in [1.54, 1.807) is 0 Å². The summed E-state index contributed by atoms with van der Waals surface area (Å²) in [6, 6.07) is 8.01. The molecular weight excluding hydrogens is 206 g/mol. The van der Waals surface area contributed by atoms with Gasteiger partial charge in [0.25, 0.3) is 0 Å². The lowest BCUT2D eigenvalue weighted by atomic mass is 9.84. The third-order valence-electron chi connectivity index (χ3n) is 3.41. The Labute approximate surface area is 96.6 Å².